The summed E-state index contributed by atoms with van der Waals surface area (Å²) in [6.07, 6.45) is 1.51. The number of aryl methyl sites for hydroxylation is 1. The van der Waals surface area contributed by atoms with Gasteiger partial charge in [-0.1, -0.05) is 6.07 Å². The second kappa shape index (κ2) is 7.30. The molecule has 0 fully saturated rings. The maximum atomic E-state index is 12.7. The molecule has 26 heavy (non-hydrogen) atoms. The van der Waals surface area contributed by atoms with Gasteiger partial charge in [-0.3, -0.25) is 4.79 Å². The Morgan fingerprint density at radius 2 is 2.15 bits per heavy atom. The number of carbonyl (C=O) groups excluding carboxylic acids is 1. The molecule has 0 saturated carbocycles. The minimum atomic E-state index is -0.680. The van der Waals surface area contributed by atoms with Crippen LogP contribution in [0, 0.1) is 6.92 Å². The molecule has 0 bridgehead atoms. The standard InChI is InChI=1S/C18H22N4O2S2/c1-10-13-15(21-11(2)12-6-5-7-25-12)19-9-20-17(13)26-14(10)16(24)22-18(3,4)8-23/h5-7,9,11,23H,8H2,1-4H3,(H,22,24)(H,19,20,21)/t11-/m0/s1. The molecule has 3 aromatic heterocycles. The molecule has 3 aromatic rings. The summed E-state index contributed by atoms with van der Waals surface area (Å²) in [5, 5.41) is 18.6. The predicted molar refractivity (Wildman–Crippen MR) is 107 cm³/mol. The summed E-state index contributed by atoms with van der Waals surface area (Å²) in [7, 11) is 0. The minimum absolute atomic E-state index is 0.109. The summed E-state index contributed by atoms with van der Waals surface area (Å²) < 4.78 is 0. The molecule has 1 atom stereocenters. The van der Waals surface area contributed by atoms with E-state index in [0.29, 0.717) is 4.88 Å². The van der Waals surface area contributed by atoms with Gasteiger partial charge in [0.25, 0.3) is 5.91 Å². The number of nitrogens with one attached hydrogen (secondary N) is 2. The zero-order valence-corrected chi connectivity index (χ0v) is 16.8. The van der Waals surface area contributed by atoms with Crippen LogP contribution in [0.3, 0.4) is 0 Å². The first-order chi connectivity index (χ1) is 12.3. The van der Waals surface area contributed by atoms with Crippen LogP contribution in [-0.2, 0) is 0 Å². The normalized spacial score (nSPS) is 13.0. The molecule has 3 rings (SSSR count). The number of hydrogen-bond acceptors (Lipinski definition) is 7. The highest BCUT2D eigenvalue weighted by atomic mass is 32.1. The Morgan fingerprint density at radius 3 is 2.81 bits per heavy atom. The van der Waals surface area contributed by atoms with Gasteiger partial charge in [0.15, 0.2) is 0 Å². The van der Waals surface area contributed by atoms with Crippen LogP contribution >= 0.6 is 22.7 Å². The Labute approximate surface area is 160 Å². The smallest absolute Gasteiger partial charge is 0.262 e. The minimum Gasteiger partial charge on any atom is -0.394 e. The third-order valence-corrected chi connectivity index (χ3v) is 6.36. The Balaban J connectivity index is 1.95. The number of thiophene rings is 2. The fourth-order valence-electron chi connectivity index (χ4n) is 2.62. The third kappa shape index (κ3) is 3.72. The fourth-order valence-corrected chi connectivity index (χ4v) is 4.39. The monoisotopic (exact) mass is 390 g/mol. The Kier molecular flexibility index (Phi) is 5.27. The highest BCUT2D eigenvalue weighted by molar-refractivity contribution is 7.20. The average molecular weight is 391 g/mol. The maximum absolute atomic E-state index is 12.7. The molecular formula is C18H22N4O2S2. The van der Waals surface area contributed by atoms with Crippen molar-refractivity contribution in [1.82, 2.24) is 15.3 Å². The highest BCUT2D eigenvalue weighted by Crippen LogP contribution is 2.35. The number of rotatable bonds is 6. The van der Waals surface area contributed by atoms with E-state index in [1.807, 2.05) is 18.4 Å². The van der Waals surface area contributed by atoms with E-state index in [1.54, 1.807) is 25.2 Å². The first-order valence-corrected chi connectivity index (χ1v) is 9.99. The topological polar surface area (TPSA) is 87.1 Å². The Hall–Kier alpha value is -2.03. The van der Waals surface area contributed by atoms with Crippen LogP contribution < -0.4 is 10.6 Å². The van der Waals surface area contributed by atoms with Gasteiger partial charge >= 0.3 is 0 Å². The van der Waals surface area contributed by atoms with E-state index in [0.717, 1.165) is 21.6 Å². The molecule has 3 N–H and O–H groups in total. The first-order valence-electron chi connectivity index (χ1n) is 8.30. The average Bonchev–Trinajstić information content (AvgIpc) is 3.23. The van der Waals surface area contributed by atoms with Gasteiger partial charge in [-0.05, 0) is 44.7 Å². The van der Waals surface area contributed by atoms with E-state index in [-0.39, 0.29) is 18.6 Å². The number of amides is 1. The third-order valence-electron chi connectivity index (χ3n) is 4.10. The number of carbonyl (C=O) groups is 1. The molecule has 0 radical (unpaired) electrons. The molecule has 0 aliphatic heterocycles. The number of nitrogens with zero attached hydrogens (tertiary/aromatic N) is 2. The fraction of sp³-hybridized carbons (Fsp3) is 0.389. The lowest BCUT2D eigenvalue weighted by Gasteiger charge is -2.23. The zero-order chi connectivity index (χ0) is 18.9. The van der Waals surface area contributed by atoms with Crippen molar-refractivity contribution in [3.63, 3.8) is 0 Å². The number of aliphatic hydroxyl groups is 1. The van der Waals surface area contributed by atoms with Crippen LogP contribution in [0.5, 0.6) is 0 Å². The molecule has 0 aliphatic rings. The van der Waals surface area contributed by atoms with Gasteiger partial charge in [0, 0.05) is 4.88 Å². The highest BCUT2D eigenvalue weighted by Gasteiger charge is 2.25. The zero-order valence-electron chi connectivity index (χ0n) is 15.2. The van der Waals surface area contributed by atoms with E-state index in [1.165, 1.54) is 22.5 Å². The van der Waals surface area contributed by atoms with E-state index >= 15 is 0 Å². The Morgan fingerprint density at radius 1 is 1.38 bits per heavy atom. The summed E-state index contributed by atoms with van der Waals surface area (Å²) in [5.41, 5.74) is 0.165. The van der Waals surface area contributed by atoms with Crippen LogP contribution in [0.4, 0.5) is 5.82 Å². The van der Waals surface area contributed by atoms with Crippen LogP contribution in [0.15, 0.2) is 23.8 Å². The van der Waals surface area contributed by atoms with Crippen molar-refractivity contribution < 1.29 is 9.90 Å². The van der Waals surface area contributed by atoms with Crippen molar-refractivity contribution in [3.8, 4) is 0 Å². The molecule has 0 saturated heterocycles. The summed E-state index contributed by atoms with van der Waals surface area (Å²) in [5.74, 6) is 0.520. The van der Waals surface area contributed by atoms with Gasteiger partial charge in [0.05, 0.1) is 28.5 Å². The molecule has 1 amide bonds. The number of fused-ring (bicyclic) bond motifs is 1. The second-order valence-corrected chi connectivity index (χ2v) is 8.81. The van der Waals surface area contributed by atoms with Crippen molar-refractivity contribution in [2.75, 3.05) is 11.9 Å². The number of aromatic nitrogens is 2. The molecule has 138 valence electrons. The molecule has 0 aromatic carbocycles. The quantitative estimate of drug-likeness (QED) is 0.597. The van der Waals surface area contributed by atoms with Crippen molar-refractivity contribution in [2.24, 2.45) is 0 Å². The van der Waals surface area contributed by atoms with Crippen molar-refractivity contribution in [2.45, 2.75) is 39.3 Å². The number of hydrogen-bond donors (Lipinski definition) is 3. The summed E-state index contributed by atoms with van der Waals surface area (Å²) in [6.45, 7) is 7.42. The second-order valence-electron chi connectivity index (χ2n) is 6.84. The summed E-state index contributed by atoms with van der Waals surface area (Å²) >= 11 is 3.03. The van der Waals surface area contributed by atoms with Crippen molar-refractivity contribution in [1.29, 1.82) is 0 Å². The van der Waals surface area contributed by atoms with E-state index < -0.39 is 5.54 Å². The van der Waals surface area contributed by atoms with Gasteiger partial charge in [-0.15, -0.1) is 22.7 Å². The van der Waals surface area contributed by atoms with Gasteiger partial charge in [-0.25, -0.2) is 9.97 Å². The largest absolute Gasteiger partial charge is 0.394 e. The molecule has 0 unspecified atom stereocenters. The molecule has 0 spiro atoms. The van der Waals surface area contributed by atoms with Gasteiger partial charge in [0.2, 0.25) is 0 Å². The van der Waals surface area contributed by atoms with E-state index in [4.69, 9.17) is 0 Å². The lowest BCUT2D eigenvalue weighted by Crippen LogP contribution is -2.46. The van der Waals surface area contributed by atoms with Crippen molar-refractivity contribution >= 4 is 44.6 Å². The molecule has 3 heterocycles. The number of anilines is 1. The van der Waals surface area contributed by atoms with Gasteiger partial charge in [-0.2, -0.15) is 0 Å². The van der Waals surface area contributed by atoms with E-state index in [2.05, 4.69) is 33.6 Å². The van der Waals surface area contributed by atoms with Crippen LogP contribution in [0.2, 0.25) is 0 Å². The van der Waals surface area contributed by atoms with Crippen molar-refractivity contribution in [3.05, 3.63) is 39.2 Å². The molecule has 6 nitrogen and oxygen atoms in total. The molecule has 8 heteroatoms. The Bertz CT molecular complexity index is 919. The number of aliphatic hydroxyl groups excluding tert-OH is 1. The van der Waals surface area contributed by atoms with E-state index in [9.17, 15) is 9.90 Å². The molecule has 0 aliphatic carbocycles. The van der Waals surface area contributed by atoms with Gasteiger partial charge < -0.3 is 15.7 Å². The SMILES string of the molecule is Cc1c(C(=O)NC(C)(C)CO)sc2ncnc(N[C@@H](C)c3cccs3)c12. The van der Waals surface area contributed by atoms with Crippen LogP contribution in [0.1, 0.15) is 46.9 Å². The lowest BCUT2D eigenvalue weighted by molar-refractivity contribution is 0.0873. The first kappa shape index (κ1) is 18.8. The van der Waals surface area contributed by atoms with Gasteiger partial charge in [0.1, 0.15) is 17.0 Å². The lowest BCUT2D eigenvalue weighted by atomic mass is 10.1. The predicted octanol–water partition coefficient (Wildman–Crippen LogP) is 3.74. The van der Waals surface area contributed by atoms with Crippen LogP contribution in [-0.4, -0.2) is 33.1 Å². The summed E-state index contributed by atoms with van der Waals surface area (Å²) in [6, 6.07) is 4.21. The molecular weight excluding hydrogens is 368 g/mol. The maximum Gasteiger partial charge on any atom is 0.262 e. The summed E-state index contributed by atoms with van der Waals surface area (Å²) in [4.78, 5) is 24.0. The van der Waals surface area contributed by atoms with Crippen LogP contribution in [0.25, 0.3) is 10.2 Å².